The summed E-state index contributed by atoms with van der Waals surface area (Å²) in [6.45, 7) is 8.01. The van der Waals surface area contributed by atoms with Gasteiger partial charge in [-0.1, -0.05) is 0 Å². The molecule has 10 nitrogen and oxygen atoms in total. The fraction of sp³-hybridized carbons (Fsp3) is 0.500. The van der Waals surface area contributed by atoms with Crippen LogP contribution < -0.4 is 10.5 Å². The number of likely N-dealkylation sites (N-methyl/N-ethyl adjacent to an activating group) is 1. The third-order valence-electron chi connectivity index (χ3n) is 5.12. The molecule has 1 aliphatic heterocycles. The molecule has 1 saturated heterocycles. The van der Waals surface area contributed by atoms with E-state index in [1.807, 2.05) is 18.7 Å². The number of aromatic nitrogens is 2. The number of hydrogen-bond donors (Lipinski definition) is 1. The molecule has 0 bridgehead atoms. The number of benzene rings is 1. The first-order valence-corrected chi connectivity index (χ1v) is 9.35. The second-order valence-corrected chi connectivity index (χ2v) is 6.68. The van der Waals surface area contributed by atoms with Gasteiger partial charge in [-0.05, 0) is 19.9 Å². The number of anilines is 1. The van der Waals surface area contributed by atoms with Gasteiger partial charge in [-0.25, -0.2) is 4.98 Å². The lowest BCUT2D eigenvalue weighted by Crippen LogP contribution is -2.50. The monoisotopic (exact) mass is 388 g/mol. The molecule has 1 amide bonds. The maximum atomic E-state index is 12.3. The van der Waals surface area contributed by atoms with Crippen molar-refractivity contribution in [3.05, 3.63) is 38.9 Å². The van der Waals surface area contributed by atoms with Crippen LogP contribution in [-0.4, -0.2) is 76.4 Å². The Morgan fingerprint density at radius 3 is 2.54 bits per heavy atom. The van der Waals surface area contributed by atoms with E-state index in [-0.39, 0.29) is 17.0 Å². The van der Waals surface area contributed by atoms with Gasteiger partial charge in [-0.15, -0.1) is 0 Å². The normalized spacial score (nSPS) is 15.0. The largest absolute Gasteiger partial charge is 0.363 e. The lowest BCUT2D eigenvalue weighted by molar-refractivity contribution is -0.384. The fourth-order valence-electron chi connectivity index (χ4n) is 3.51. The van der Waals surface area contributed by atoms with Crippen LogP contribution in [0.5, 0.6) is 0 Å². The predicted octanol–water partition coefficient (Wildman–Crippen LogP) is 0.822. The van der Waals surface area contributed by atoms with E-state index in [0.717, 1.165) is 0 Å². The van der Waals surface area contributed by atoms with Gasteiger partial charge in [-0.3, -0.25) is 24.6 Å². The molecule has 150 valence electrons. The Kier molecular flexibility index (Phi) is 5.88. The average molecular weight is 388 g/mol. The number of amides is 1. The first kappa shape index (κ1) is 19.7. The number of nitro groups is 1. The SMILES string of the molecule is CCN(CC)C(=O)CN1CCN(c2cc3nc[nH]c(=O)c3cc2[N+](=O)[O-])CC1. The Labute approximate surface area is 161 Å². The summed E-state index contributed by atoms with van der Waals surface area (Å²) >= 11 is 0. The number of carbonyl (C=O) groups is 1. The van der Waals surface area contributed by atoms with Crippen molar-refractivity contribution in [3.8, 4) is 0 Å². The number of nitrogens with one attached hydrogen (secondary N) is 1. The molecule has 2 aromatic rings. The van der Waals surface area contributed by atoms with Crippen molar-refractivity contribution in [1.82, 2.24) is 19.8 Å². The number of H-pyrrole nitrogens is 1. The van der Waals surface area contributed by atoms with E-state index in [9.17, 15) is 19.7 Å². The molecule has 0 saturated carbocycles. The van der Waals surface area contributed by atoms with E-state index in [1.165, 1.54) is 12.4 Å². The minimum atomic E-state index is -0.475. The van der Waals surface area contributed by atoms with Gasteiger partial charge in [-0.2, -0.15) is 0 Å². The van der Waals surface area contributed by atoms with E-state index >= 15 is 0 Å². The zero-order valence-electron chi connectivity index (χ0n) is 16.1. The van der Waals surface area contributed by atoms with Crippen molar-refractivity contribution in [2.45, 2.75) is 13.8 Å². The summed E-state index contributed by atoms with van der Waals surface area (Å²) in [6, 6.07) is 2.88. The number of hydrogen-bond acceptors (Lipinski definition) is 7. The van der Waals surface area contributed by atoms with Crippen molar-refractivity contribution in [2.24, 2.45) is 0 Å². The van der Waals surface area contributed by atoms with Crippen molar-refractivity contribution in [1.29, 1.82) is 0 Å². The molecule has 0 aliphatic carbocycles. The number of fused-ring (bicyclic) bond motifs is 1. The predicted molar refractivity (Wildman–Crippen MR) is 106 cm³/mol. The van der Waals surface area contributed by atoms with E-state index < -0.39 is 10.5 Å². The molecule has 28 heavy (non-hydrogen) atoms. The quantitative estimate of drug-likeness (QED) is 0.575. The summed E-state index contributed by atoms with van der Waals surface area (Å²) in [5.41, 5.74) is 0.354. The van der Waals surface area contributed by atoms with Gasteiger partial charge in [0.15, 0.2) is 0 Å². The third kappa shape index (κ3) is 3.96. The zero-order chi connectivity index (χ0) is 20.3. The minimum absolute atomic E-state index is 0.0959. The molecule has 3 rings (SSSR count). The fourth-order valence-corrected chi connectivity index (χ4v) is 3.51. The maximum Gasteiger partial charge on any atom is 0.293 e. The smallest absolute Gasteiger partial charge is 0.293 e. The van der Waals surface area contributed by atoms with E-state index in [0.29, 0.717) is 57.0 Å². The molecular weight excluding hydrogens is 364 g/mol. The summed E-state index contributed by atoms with van der Waals surface area (Å²) in [6.07, 6.45) is 1.29. The number of carbonyl (C=O) groups excluding carboxylic acids is 1. The van der Waals surface area contributed by atoms with Crippen LogP contribution in [0.1, 0.15) is 13.8 Å². The van der Waals surface area contributed by atoms with Crippen LogP contribution in [0, 0.1) is 10.1 Å². The molecule has 2 heterocycles. The van der Waals surface area contributed by atoms with Crippen LogP contribution in [0.4, 0.5) is 11.4 Å². The van der Waals surface area contributed by atoms with Gasteiger partial charge in [0.1, 0.15) is 5.69 Å². The summed E-state index contributed by atoms with van der Waals surface area (Å²) < 4.78 is 0. The molecule has 1 aromatic carbocycles. The van der Waals surface area contributed by atoms with Gasteiger partial charge in [0, 0.05) is 45.3 Å². The number of nitro benzene ring substituents is 1. The van der Waals surface area contributed by atoms with Gasteiger partial charge >= 0.3 is 0 Å². The highest BCUT2D eigenvalue weighted by Gasteiger charge is 2.26. The molecule has 0 spiro atoms. The highest BCUT2D eigenvalue weighted by molar-refractivity contribution is 5.87. The molecule has 0 unspecified atom stereocenters. The second-order valence-electron chi connectivity index (χ2n) is 6.68. The summed E-state index contributed by atoms with van der Waals surface area (Å²) in [5.74, 6) is 0.0959. The first-order chi connectivity index (χ1) is 13.4. The molecule has 1 aromatic heterocycles. The molecule has 0 atom stereocenters. The Bertz CT molecular complexity index is 931. The van der Waals surface area contributed by atoms with E-state index in [1.54, 1.807) is 11.0 Å². The molecule has 1 fully saturated rings. The molecule has 0 radical (unpaired) electrons. The topological polar surface area (TPSA) is 116 Å². The van der Waals surface area contributed by atoms with Gasteiger partial charge in [0.2, 0.25) is 5.91 Å². The number of piperazine rings is 1. The highest BCUT2D eigenvalue weighted by Crippen LogP contribution is 2.31. The molecular formula is C18H24N6O4. The van der Waals surface area contributed by atoms with Gasteiger partial charge in [0.05, 0.1) is 28.7 Å². The number of aromatic amines is 1. The minimum Gasteiger partial charge on any atom is -0.363 e. The Hall–Kier alpha value is -3.01. The van der Waals surface area contributed by atoms with Crippen molar-refractivity contribution >= 4 is 28.2 Å². The van der Waals surface area contributed by atoms with Crippen molar-refractivity contribution in [3.63, 3.8) is 0 Å². The average Bonchev–Trinajstić information content (AvgIpc) is 2.69. The maximum absolute atomic E-state index is 12.3. The molecule has 1 N–H and O–H groups in total. The van der Waals surface area contributed by atoms with Crippen LogP contribution in [0.15, 0.2) is 23.3 Å². The lowest BCUT2D eigenvalue weighted by Gasteiger charge is -2.36. The summed E-state index contributed by atoms with van der Waals surface area (Å²) in [5, 5.41) is 11.8. The van der Waals surface area contributed by atoms with Crippen molar-refractivity contribution in [2.75, 3.05) is 50.7 Å². The van der Waals surface area contributed by atoms with Crippen LogP contribution in [0.3, 0.4) is 0 Å². The third-order valence-corrected chi connectivity index (χ3v) is 5.12. The second kappa shape index (κ2) is 8.34. The zero-order valence-corrected chi connectivity index (χ0v) is 16.1. The Balaban J connectivity index is 1.78. The first-order valence-electron chi connectivity index (χ1n) is 9.35. The summed E-state index contributed by atoms with van der Waals surface area (Å²) in [4.78, 5) is 47.6. The highest BCUT2D eigenvalue weighted by atomic mass is 16.6. The Morgan fingerprint density at radius 1 is 1.25 bits per heavy atom. The van der Waals surface area contributed by atoms with Crippen molar-refractivity contribution < 1.29 is 9.72 Å². The van der Waals surface area contributed by atoms with E-state index in [4.69, 9.17) is 0 Å². The number of nitrogens with zero attached hydrogens (tertiary/aromatic N) is 5. The molecule has 10 heteroatoms. The number of rotatable bonds is 6. The van der Waals surface area contributed by atoms with Crippen LogP contribution >= 0.6 is 0 Å². The van der Waals surface area contributed by atoms with Crippen LogP contribution in [0.25, 0.3) is 10.9 Å². The van der Waals surface area contributed by atoms with Crippen LogP contribution in [0.2, 0.25) is 0 Å². The van der Waals surface area contributed by atoms with Crippen LogP contribution in [-0.2, 0) is 4.79 Å². The standard InChI is InChI=1S/C18H24N6O4/c1-3-22(4-2)17(25)11-21-5-7-23(8-6-21)15-10-14-13(9-16(15)24(27)28)18(26)20-12-19-14/h9-10,12H,3-8,11H2,1-2H3,(H,19,20,26). The Morgan fingerprint density at radius 2 is 1.93 bits per heavy atom. The summed E-state index contributed by atoms with van der Waals surface area (Å²) in [7, 11) is 0. The van der Waals surface area contributed by atoms with E-state index in [2.05, 4.69) is 14.9 Å². The molecule has 1 aliphatic rings. The lowest BCUT2D eigenvalue weighted by atomic mass is 10.1. The van der Waals surface area contributed by atoms with Gasteiger partial charge in [0.25, 0.3) is 11.2 Å². The van der Waals surface area contributed by atoms with Gasteiger partial charge < -0.3 is 14.8 Å².